The first kappa shape index (κ1) is 15.5. The maximum absolute atomic E-state index is 12.8. The van der Waals surface area contributed by atoms with Crippen LogP contribution in [0.25, 0.3) is 0 Å². The summed E-state index contributed by atoms with van der Waals surface area (Å²) >= 11 is 0. The summed E-state index contributed by atoms with van der Waals surface area (Å²) in [5, 5.41) is 3.85. The summed E-state index contributed by atoms with van der Waals surface area (Å²) < 4.78 is 44.5. The van der Waals surface area contributed by atoms with Crippen LogP contribution in [-0.2, 0) is 0 Å². The third kappa shape index (κ3) is 2.58. The summed E-state index contributed by atoms with van der Waals surface area (Å²) in [5.41, 5.74) is 1.88. The largest absolute Gasteiger partial charge is 0.493 e. The molecule has 8 heteroatoms. The molecule has 0 saturated heterocycles. The number of aromatic nitrogens is 2. The van der Waals surface area contributed by atoms with Crippen LogP contribution in [0.2, 0.25) is 0 Å². The van der Waals surface area contributed by atoms with Crippen molar-refractivity contribution in [3.05, 3.63) is 11.9 Å². The lowest BCUT2D eigenvalue weighted by molar-refractivity contribution is -0.166. The molecule has 1 aromatic rings. The topological polar surface area (TPSA) is 70.1 Å². The lowest BCUT2D eigenvalue weighted by Gasteiger charge is -2.26. The second-order valence-electron chi connectivity index (χ2n) is 4.63. The lowest BCUT2D eigenvalue weighted by Crippen LogP contribution is -2.57. The minimum absolute atomic E-state index is 0.0281. The highest BCUT2D eigenvalue weighted by Gasteiger charge is 2.55. The van der Waals surface area contributed by atoms with Crippen molar-refractivity contribution in [1.82, 2.24) is 9.78 Å². The molecule has 1 atom stereocenters. The van der Waals surface area contributed by atoms with E-state index in [0.717, 1.165) is 4.68 Å². The molecule has 0 radical (unpaired) electrons. The molecule has 1 aromatic heterocycles. The minimum Gasteiger partial charge on any atom is -0.493 e. The molecule has 0 fully saturated rings. The van der Waals surface area contributed by atoms with E-state index in [2.05, 4.69) is 5.10 Å². The summed E-state index contributed by atoms with van der Waals surface area (Å²) in [7, 11) is 1.25. The molecule has 108 valence electrons. The fourth-order valence-corrected chi connectivity index (χ4v) is 1.48. The molecule has 0 saturated carbocycles. The highest BCUT2D eigenvalue weighted by Crippen LogP contribution is 2.34. The molecule has 0 aromatic carbocycles. The Morgan fingerprint density at radius 3 is 2.37 bits per heavy atom. The summed E-state index contributed by atoms with van der Waals surface area (Å²) in [6.07, 6.45) is -3.67. The van der Waals surface area contributed by atoms with Crippen LogP contribution in [0.5, 0.6) is 5.75 Å². The Kier molecular flexibility index (Phi) is 3.94. The standard InChI is InChI=1S/C11H16F3N3O2/c1-6(2)17-8(7(19-4)5-16-17)9(18)10(3,15)11(12,13)14/h5-6H,15H2,1-4H3. The van der Waals surface area contributed by atoms with E-state index in [0.29, 0.717) is 6.92 Å². The quantitative estimate of drug-likeness (QED) is 0.855. The summed E-state index contributed by atoms with van der Waals surface area (Å²) in [4.78, 5) is 12.1. The number of halogens is 3. The number of nitrogens with two attached hydrogens (primary N) is 1. The van der Waals surface area contributed by atoms with Gasteiger partial charge < -0.3 is 10.5 Å². The summed E-state index contributed by atoms with van der Waals surface area (Å²) in [5.74, 6) is -1.30. The van der Waals surface area contributed by atoms with E-state index in [1.807, 2.05) is 0 Å². The number of hydrogen-bond donors (Lipinski definition) is 1. The Hall–Kier alpha value is -1.57. The Balaban J connectivity index is 3.37. The van der Waals surface area contributed by atoms with Gasteiger partial charge >= 0.3 is 6.18 Å². The number of rotatable bonds is 4. The number of hydrogen-bond acceptors (Lipinski definition) is 4. The predicted octanol–water partition coefficient (Wildman–Crippen LogP) is 1.93. The fourth-order valence-electron chi connectivity index (χ4n) is 1.48. The number of carbonyl (C=O) groups is 1. The van der Waals surface area contributed by atoms with Crippen molar-refractivity contribution in [3.63, 3.8) is 0 Å². The maximum atomic E-state index is 12.8. The van der Waals surface area contributed by atoms with E-state index >= 15 is 0 Å². The van der Waals surface area contributed by atoms with Gasteiger partial charge in [-0.05, 0) is 20.8 Å². The zero-order valence-corrected chi connectivity index (χ0v) is 11.1. The van der Waals surface area contributed by atoms with Crippen LogP contribution < -0.4 is 10.5 Å². The number of alkyl halides is 3. The number of ketones is 1. The average Bonchev–Trinajstić information content (AvgIpc) is 2.69. The van der Waals surface area contributed by atoms with Crippen LogP contribution >= 0.6 is 0 Å². The van der Waals surface area contributed by atoms with Gasteiger partial charge in [0.2, 0.25) is 5.78 Å². The van der Waals surface area contributed by atoms with Gasteiger partial charge in [0.05, 0.1) is 13.3 Å². The number of nitrogens with zero attached hydrogens (tertiary/aromatic N) is 2. The van der Waals surface area contributed by atoms with E-state index in [4.69, 9.17) is 10.5 Å². The van der Waals surface area contributed by atoms with E-state index < -0.39 is 17.5 Å². The second kappa shape index (κ2) is 4.84. The Morgan fingerprint density at radius 1 is 1.47 bits per heavy atom. The third-order valence-electron chi connectivity index (χ3n) is 2.75. The number of methoxy groups -OCH3 is 1. The molecule has 1 unspecified atom stereocenters. The van der Waals surface area contributed by atoms with Gasteiger partial charge in [-0.1, -0.05) is 0 Å². The molecule has 0 aliphatic heterocycles. The van der Waals surface area contributed by atoms with Crippen molar-refractivity contribution in [1.29, 1.82) is 0 Å². The smallest absolute Gasteiger partial charge is 0.413 e. The van der Waals surface area contributed by atoms with Crippen molar-refractivity contribution in [2.24, 2.45) is 5.73 Å². The molecule has 5 nitrogen and oxygen atoms in total. The van der Waals surface area contributed by atoms with Crippen molar-refractivity contribution < 1.29 is 22.7 Å². The molecule has 1 rings (SSSR count). The summed E-state index contributed by atoms with van der Waals surface area (Å²) in [6, 6.07) is -0.299. The van der Waals surface area contributed by atoms with Gasteiger partial charge in [-0.2, -0.15) is 18.3 Å². The van der Waals surface area contributed by atoms with Crippen LogP contribution in [-0.4, -0.2) is 34.4 Å². The third-order valence-corrected chi connectivity index (χ3v) is 2.75. The van der Waals surface area contributed by atoms with Crippen LogP contribution in [0, 0.1) is 0 Å². The summed E-state index contributed by atoms with van der Waals surface area (Å²) in [6.45, 7) is 4.00. The molecule has 0 aliphatic rings. The fraction of sp³-hybridized carbons (Fsp3) is 0.636. The SMILES string of the molecule is COc1cnn(C(C)C)c1C(=O)C(C)(N)C(F)(F)F. The Labute approximate surface area is 108 Å². The number of Topliss-reactive ketones (excluding diaryl/α,β-unsaturated/α-hetero) is 1. The second-order valence-corrected chi connectivity index (χ2v) is 4.63. The number of ether oxygens (including phenoxy) is 1. The van der Waals surface area contributed by atoms with Crippen molar-refractivity contribution in [3.8, 4) is 5.75 Å². The molecular formula is C11H16F3N3O2. The minimum atomic E-state index is -4.86. The van der Waals surface area contributed by atoms with E-state index in [1.54, 1.807) is 13.8 Å². The van der Waals surface area contributed by atoms with Gasteiger partial charge in [0.15, 0.2) is 11.3 Å². The first-order valence-corrected chi connectivity index (χ1v) is 5.56. The monoisotopic (exact) mass is 279 g/mol. The molecular weight excluding hydrogens is 263 g/mol. The molecule has 0 bridgehead atoms. The Morgan fingerprint density at radius 2 is 2.00 bits per heavy atom. The molecule has 2 N–H and O–H groups in total. The number of carbonyl (C=O) groups excluding carboxylic acids is 1. The lowest BCUT2D eigenvalue weighted by atomic mass is 9.94. The zero-order valence-electron chi connectivity index (χ0n) is 11.1. The predicted molar refractivity (Wildman–Crippen MR) is 62.1 cm³/mol. The zero-order chi connectivity index (χ0) is 15.0. The van der Waals surface area contributed by atoms with E-state index in [-0.39, 0.29) is 17.5 Å². The van der Waals surface area contributed by atoms with E-state index in [1.165, 1.54) is 13.3 Å². The van der Waals surface area contributed by atoms with Crippen LogP contribution in [0.15, 0.2) is 6.20 Å². The average molecular weight is 279 g/mol. The molecule has 19 heavy (non-hydrogen) atoms. The Bertz CT molecular complexity index is 478. The van der Waals surface area contributed by atoms with Gasteiger partial charge in [0.25, 0.3) is 0 Å². The van der Waals surface area contributed by atoms with Crippen LogP contribution in [0.3, 0.4) is 0 Å². The molecule has 0 spiro atoms. The van der Waals surface area contributed by atoms with E-state index in [9.17, 15) is 18.0 Å². The highest BCUT2D eigenvalue weighted by molar-refractivity contribution is 6.04. The first-order chi connectivity index (χ1) is 8.54. The molecule has 0 aliphatic carbocycles. The van der Waals surface area contributed by atoms with Crippen molar-refractivity contribution in [2.75, 3.05) is 7.11 Å². The highest BCUT2D eigenvalue weighted by atomic mass is 19.4. The van der Waals surface area contributed by atoms with Gasteiger partial charge in [-0.15, -0.1) is 0 Å². The van der Waals surface area contributed by atoms with Crippen molar-refractivity contribution in [2.45, 2.75) is 38.5 Å². The van der Waals surface area contributed by atoms with Crippen LogP contribution in [0.1, 0.15) is 37.3 Å². The molecule has 1 heterocycles. The van der Waals surface area contributed by atoms with Crippen molar-refractivity contribution >= 4 is 5.78 Å². The molecule has 0 amide bonds. The van der Waals surface area contributed by atoms with Crippen LogP contribution in [0.4, 0.5) is 13.2 Å². The normalized spacial score (nSPS) is 15.4. The van der Waals surface area contributed by atoms with Gasteiger partial charge in [0, 0.05) is 6.04 Å². The first-order valence-electron chi connectivity index (χ1n) is 5.56. The van der Waals surface area contributed by atoms with Gasteiger partial charge in [-0.25, -0.2) is 0 Å². The van der Waals surface area contributed by atoms with Gasteiger partial charge in [-0.3, -0.25) is 9.48 Å². The van der Waals surface area contributed by atoms with Gasteiger partial charge in [0.1, 0.15) is 5.69 Å². The maximum Gasteiger partial charge on any atom is 0.413 e.